The van der Waals surface area contributed by atoms with Gasteiger partial charge in [-0.1, -0.05) is 0 Å². The van der Waals surface area contributed by atoms with E-state index in [0.29, 0.717) is 13.0 Å². The summed E-state index contributed by atoms with van der Waals surface area (Å²) in [5.74, 6) is 2.83. The smallest absolute Gasteiger partial charge is 0.223 e. The van der Waals surface area contributed by atoms with Crippen molar-refractivity contribution in [3.8, 4) is 0 Å². The molecule has 2 N–H and O–H groups in total. The van der Waals surface area contributed by atoms with Gasteiger partial charge < -0.3 is 10.6 Å². The molecule has 0 aromatic heterocycles. The lowest BCUT2D eigenvalue weighted by Crippen LogP contribution is -2.52. The molecule has 98 valence electrons. The van der Waals surface area contributed by atoms with Crippen LogP contribution in [-0.4, -0.2) is 66.0 Å². The number of amides is 1. The highest BCUT2D eigenvalue weighted by molar-refractivity contribution is 7.99. The minimum atomic E-state index is 0.228. The van der Waals surface area contributed by atoms with E-state index in [1.165, 1.54) is 24.3 Å². The maximum Gasteiger partial charge on any atom is 0.223 e. The monoisotopic (exact) mass is 257 g/mol. The number of carbonyl (C=O) groups is 1. The third-order valence-electron chi connectivity index (χ3n) is 3.73. The Balaban J connectivity index is 1.75. The van der Waals surface area contributed by atoms with Crippen LogP contribution in [0, 0.1) is 0 Å². The summed E-state index contributed by atoms with van der Waals surface area (Å²) in [6.07, 6.45) is 3.14. The van der Waals surface area contributed by atoms with E-state index < -0.39 is 0 Å². The Morgan fingerprint density at radius 3 is 2.41 bits per heavy atom. The molecule has 0 radical (unpaired) electrons. The molecule has 0 aromatic carbocycles. The molecule has 1 amide bonds. The minimum Gasteiger partial charge on any atom is -0.340 e. The summed E-state index contributed by atoms with van der Waals surface area (Å²) in [4.78, 5) is 16.3. The topological polar surface area (TPSA) is 49.6 Å². The second-order valence-corrected chi connectivity index (χ2v) is 6.02. The van der Waals surface area contributed by atoms with Gasteiger partial charge in [-0.3, -0.25) is 9.69 Å². The second kappa shape index (κ2) is 6.61. The first-order valence-corrected chi connectivity index (χ1v) is 7.76. The minimum absolute atomic E-state index is 0.228. The van der Waals surface area contributed by atoms with Crippen LogP contribution >= 0.6 is 11.8 Å². The zero-order valence-corrected chi connectivity index (χ0v) is 11.3. The number of carbonyl (C=O) groups excluding carboxylic acids is 1. The lowest BCUT2D eigenvalue weighted by molar-refractivity contribution is -0.133. The average molecular weight is 257 g/mol. The van der Waals surface area contributed by atoms with Crippen molar-refractivity contribution in [1.29, 1.82) is 0 Å². The predicted octanol–water partition coefficient (Wildman–Crippen LogP) is 0.375. The summed E-state index contributed by atoms with van der Waals surface area (Å²) in [6.45, 7) is 4.35. The molecule has 0 bridgehead atoms. The van der Waals surface area contributed by atoms with E-state index in [4.69, 9.17) is 5.73 Å². The number of nitrogens with two attached hydrogens (primary N) is 1. The lowest BCUT2D eigenvalue weighted by Gasteiger charge is -2.40. The average Bonchev–Trinajstić information content (AvgIpc) is 2.40. The van der Waals surface area contributed by atoms with Crippen molar-refractivity contribution < 1.29 is 4.79 Å². The Hall–Kier alpha value is -0.260. The molecule has 4 nitrogen and oxygen atoms in total. The summed E-state index contributed by atoms with van der Waals surface area (Å²) >= 11 is 2.07. The fourth-order valence-corrected chi connectivity index (χ4v) is 3.75. The molecule has 2 heterocycles. The summed E-state index contributed by atoms with van der Waals surface area (Å²) in [5.41, 5.74) is 5.42. The standard InChI is InChI=1S/C12H23N3OS/c13-4-1-12(16)15-7-5-14(6-8-15)11-2-9-17-10-3-11/h11H,1-10,13H2. The van der Waals surface area contributed by atoms with Gasteiger partial charge in [0.2, 0.25) is 5.91 Å². The van der Waals surface area contributed by atoms with Gasteiger partial charge in [0.25, 0.3) is 0 Å². The third kappa shape index (κ3) is 3.60. The van der Waals surface area contributed by atoms with Crippen molar-refractivity contribution >= 4 is 17.7 Å². The van der Waals surface area contributed by atoms with Gasteiger partial charge in [-0.15, -0.1) is 0 Å². The molecule has 2 aliphatic rings. The predicted molar refractivity (Wildman–Crippen MR) is 72.2 cm³/mol. The van der Waals surface area contributed by atoms with E-state index in [1.807, 2.05) is 4.90 Å². The fourth-order valence-electron chi connectivity index (χ4n) is 2.67. The Morgan fingerprint density at radius 1 is 1.18 bits per heavy atom. The first kappa shape index (κ1) is 13.2. The second-order valence-electron chi connectivity index (χ2n) is 4.80. The Labute approximate surface area is 108 Å². The van der Waals surface area contributed by atoms with E-state index in [0.717, 1.165) is 32.2 Å². The zero-order valence-electron chi connectivity index (χ0n) is 10.4. The highest BCUT2D eigenvalue weighted by Crippen LogP contribution is 2.22. The number of rotatable bonds is 3. The molecule has 5 heteroatoms. The van der Waals surface area contributed by atoms with Gasteiger partial charge >= 0.3 is 0 Å². The van der Waals surface area contributed by atoms with E-state index in [9.17, 15) is 4.79 Å². The van der Waals surface area contributed by atoms with E-state index in [2.05, 4.69) is 16.7 Å². The first-order valence-electron chi connectivity index (χ1n) is 6.61. The Morgan fingerprint density at radius 2 is 1.82 bits per heavy atom. The van der Waals surface area contributed by atoms with Crippen molar-refractivity contribution in [2.24, 2.45) is 5.73 Å². The van der Waals surface area contributed by atoms with E-state index in [-0.39, 0.29) is 5.91 Å². The molecular weight excluding hydrogens is 234 g/mol. The van der Waals surface area contributed by atoms with Gasteiger partial charge in [0.05, 0.1) is 0 Å². The van der Waals surface area contributed by atoms with Crippen LogP contribution < -0.4 is 5.73 Å². The van der Waals surface area contributed by atoms with Gasteiger partial charge in [-0.25, -0.2) is 0 Å². The molecule has 0 saturated carbocycles. The fraction of sp³-hybridized carbons (Fsp3) is 0.917. The molecule has 0 aromatic rings. The Kier molecular flexibility index (Phi) is 5.13. The summed E-state index contributed by atoms with van der Waals surface area (Å²) < 4.78 is 0. The molecule has 2 saturated heterocycles. The highest BCUT2D eigenvalue weighted by Gasteiger charge is 2.26. The molecule has 2 fully saturated rings. The van der Waals surface area contributed by atoms with Crippen LogP contribution in [-0.2, 0) is 4.79 Å². The molecule has 0 atom stereocenters. The number of piperazine rings is 1. The SMILES string of the molecule is NCCC(=O)N1CCN(C2CCSCC2)CC1. The van der Waals surface area contributed by atoms with Crippen LogP contribution in [0.2, 0.25) is 0 Å². The third-order valence-corrected chi connectivity index (χ3v) is 4.78. The largest absolute Gasteiger partial charge is 0.340 e. The molecule has 2 rings (SSSR count). The molecule has 0 unspecified atom stereocenters. The van der Waals surface area contributed by atoms with Crippen LogP contribution in [0.3, 0.4) is 0 Å². The lowest BCUT2D eigenvalue weighted by atomic mass is 10.1. The highest BCUT2D eigenvalue weighted by atomic mass is 32.2. The molecular formula is C12H23N3OS. The van der Waals surface area contributed by atoms with Crippen LogP contribution in [0.4, 0.5) is 0 Å². The van der Waals surface area contributed by atoms with Crippen LogP contribution in [0.15, 0.2) is 0 Å². The van der Waals surface area contributed by atoms with Crippen LogP contribution in [0.5, 0.6) is 0 Å². The van der Waals surface area contributed by atoms with E-state index >= 15 is 0 Å². The van der Waals surface area contributed by atoms with Crippen molar-refractivity contribution in [3.63, 3.8) is 0 Å². The molecule has 0 aliphatic carbocycles. The first-order chi connectivity index (χ1) is 8.31. The number of hydrogen-bond acceptors (Lipinski definition) is 4. The summed E-state index contributed by atoms with van der Waals surface area (Å²) in [5, 5.41) is 0. The normalized spacial score (nSPS) is 23.9. The number of nitrogens with zero attached hydrogens (tertiary/aromatic N) is 2. The maximum atomic E-state index is 11.7. The van der Waals surface area contributed by atoms with Gasteiger partial charge in [0.15, 0.2) is 0 Å². The Bertz CT molecular complexity index is 248. The summed E-state index contributed by atoms with van der Waals surface area (Å²) in [7, 11) is 0. The van der Waals surface area contributed by atoms with Gasteiger partial charge in [0.1, 0.15) is 0 Å². The van der Waals surface area contributed by atoms with Crippen LogP contribution in [0.25, 0.3) is 0 Å². The zero-order chi connectivity index (χ0) is 12.1. The maximum absolute atomic E-state index is 11.7. The van der Waals surface area contributed by atoms with Crippen molar-refractivity contribution in [1.82, 2.24) is 9.80 Å². The molecule has 0 spiro atoms. The van der Waals surface area contributed by atoms with Crippen molar-refractivity contribution in [2.75, 3.05) is 44.2 Å². The van der Waals surface area contributed by atoms with Crippen molar-refractivity contribution in [2.45, 2.75) is 25.3 Å². The summed E-state index contributed by atoms with van der Waals surface area (Å²) in [6, 6.07) is 0.767. The van der Waals surface area contributed by atoms with Gasteiger partial charge in [-0.2, -0.15) is 11.8 Å². The number of thioether (sulfide) groups is 1. The quantitative estimate of drug-likeness (QED) is 0.794. The van der Waals surface area contributed by atoms with Gasteiger partial charge in [-0.05, 0) is 24.3 Å². The van der Waals surface area contributed by atoms with E-state index in [1.54, 1.807) is 0 Å². The molecule has 17 heavy (non-hydrogen) atoms. The molecule has 2 aliphatic heterocycles. The van der Waals surface area contributed by atoms with Gasteiger partial charge in [0, 0.05) is 45.2 Å². The van der Waals surface area contributed by atoms with Crippen LogP contribution in [0.1, 0.15) is 19.3 Å². The van der Waals surface area contributed by atoms with Crippen molar-refractivity contribution in [3.05, 3.63) is 0 Å². The number of hydrogen-bond donors (Lipinski definition) is 1.